The summed E-state index contributed by atoms with van der Waals surface area (Å²) in [6.07, 6.45) is 10.6. The fraction of sp³-hybridized carbons (Fsp3) is 1.00. The van der Waals surface area contributed by atoms with Crippen LogP contribution in [0.15, 0.2) is 0 Å². The van der Waals surface area contributed by atoms with E-state index in [1.54, 1.807) is 0 Å². The molecule has 0 amide bonds. The molecular weight excluding hydrogens is 184 g/mol. The fourth-order valence-electron chi connectivity index (χ4n) is 2.67. The molecule has 0 nitrogen and oxygen atoms in total. The minimum Gasteiger partial charge on any atom is -0.0690 e. The molecule has 0 aliphatic heterocycles. The first-order chi connectivity index (χ1) is 6.55. The summed E-state index contributed by atoms with van der Waals surface area (Å²) in [6, 6.07) is 0. The van der Waals surface area contributed by atoms with E-state index in [-0.39, 0.29) is 0 Å². The van der Waals surface area contributed by atoms with Crippen molar-refractivity contribution in [1.82, 2.24) is 0 Å². The first-order valence-corrected chi connectivity index (χ1v) is 9.70. The lowest BCUT2D eigenvalue weighted by molar-refractivity contribution is 0.492. The van der Waals surface area contributed by atoms with Crippen molar-refractivity contribution < 1.29 is 0 Å². The van der Waals surface area contributed by atoms with E-state index >= 15 is 0 Å². The third-order valence-electron chi connectivity index (χ3n) is 4.65. The third-order valence-corrected chi connectivity index (χ3v) is 10.3. The van der Waals surface area contributed by atoms with Crippen molar-refractivity contribution in [2.45, 2.75) is 83.0 Å². The molecular formula is C13H28Si. The summed E-state index contributed by atoms with van der Waals surface area (Å²) in [4.78, 5) is 0. The van der Waals surface area contributed by atoms with Crippen LogP contribution in [0.2, 0.25) is 24.2 Å². The highest BCUT2D eigenvalue weighted by molar-refractivity contribution is 6.80. The van der Waals surface area contributed by atoms with Gasteiger partial charge < -0.3 is 0 Å². The van der Waals surface area contributed by atoms with Gasteiger partial charge in [-0.25, -0.2) is 0 Å². The average molecular weight is 212 g/mol. The van der Waals surface area contributed by atoms with Crippen LogP contribution in [0.1, 0.15) is 58.8 Å². The first-order valence-electron chi connectivity index (χ1n) is 6.55. The van der Waals surface area contributed by atoms with E-state index < -0.39 is 8.07 Å². The van der Waals surface area contributed by atoms with Crippen LogP contribution in [0.5, 0.6) is 0 Å². The predicted molar refractivity (Wildman–Crippen MR) is 68.6 cm³/mol. The molecule has 0 saturated heterocycles. The van der Waals surface area contributed by atoms with Gasteiger partial charge in [-0.2, -0.15) is 0 Å². The molecule has 0 aromatic heterocycles. The molecule has 1 aliphatic carbocycles. The van der Waals surface area contributed by atoms with Crippen molar-refractivity contribution in [3.63, 3.8) is 0 Å². The van der Waals surface area contributed by atoms with Crippen molar-refractivity contribution >= 4 is 8.07 Å². The van der Waals surface area contributed by atoms with Gasteiger partial charge in [-0.15, -0.1) is 0 Å². The topological polar surface area (TPSA) is 0 Å². The Morgan fingerprint density at radius 3 is 1.71 bits per heavy atom. The zero-order valence-corrected chi connectivity index (χ0v) is 11.6. The summed E-state index contributed by atoms with van der Waals surface area (Å²) in [5, 5.41) is 0. The number of rotatable bonds is 2. The monoisotopic (exact) mass is 212 g/mol. The molecule has 1 rings (SSSR count). The Morgan fingerprint density at radius 1 is 0.857 bits per heavy atom. The predicted octanol–water partition coefficient (Wildman–Crippen LogP) is 5.22. The van der Waals surface area contributed by atoms with Gasteiger partial charge in [-0.05, 0) is 5.54 Å². The normalized spacial score (nSPS) is 22.1. The largest absolute Gasteiger partial charge is 0.0690 e. The fourth-order valence-corrected chi connectivity index (χ4v) is 5.51. The van der Waals surface area contributed by atoms with E-state index in [1.807, 2.05) is 0 Å². The Hall–Kier alpha value is 0.217. The minimum atomic E-state index is -0.934. The van der Waals surface area contributed by atoms with Gasteiger partial charge in [-0.1, -0.05) is 77.4 Å². The summed E-state index contributed by atoms with van der Waals surface area (Å²) in [7, 11) is -0.934. The van der Waals surface area contributed by atoms with E-state index in [0.29, 0.717) is 0 Å². The lowest BCUT2D eigenvalue weighted by Crippen LogP contribution is -2.36. The molecule has 0 bridgehead atoms. The van der Waals surface area contributed by atoms with Crippen LogP contribution < -0.4 is 0 Å². The lowest BCUT2D eigenvalue weighted by Gasteiger charge is -2.37. The number of hydrogen-bond acceptors (Lipinski definition) is 0. The minimum absolute atomic E-state index is 0.934. The zero-order valence-electron chi connectivity index (χ0n) is 10.6. The van der Waals surface area contributed by atoms with Gasteiger partial charge in [0.2, 0.25) is 0 Å². The molecule has 0 spiro atoms. The first kappa shape index (κ1) is 12.3. The second-order valence-electron chi connectivity index (χ2n) is 6.02. The second-order valence-corrected chi connectivity index (χ2v) is 11.6. The summed E-state index contributed by atoms with van der Waals surface area (Å²) < 4.78 is 0. The van der Waals surface area contributed by atoms with E-state index in [9.17, 15) is 0 Å². The molecule has 0 aromatic rings. The van der Waals surface area contributed by atoms with Crippen LogP contribution in [-0.2, 0) is 0 Å². The lowest BCUT2D eigenvalue weighted by atomic mass is 10.0. The Labute approximate surface area is 91.5 Å². The summed E-state index contributed by atoms with van der Waals surface area (Å²) in [5.74, 6) is 0. The highest BCUT2D eigenvalue weighted by atomic mass is 28.3. The molecule has 1 fully saturated rings. The smallest absolute Gasteiger partial charge is 0.0530 e. The molecule has 0 N–H and O–H groups in total. The molecule has 0 heterocycles. The van der Waals surface area contributed by atoms with Crippen LogP contribution >= 0.6 is 0 Å². The third kappa shape index (κ3) is 3.11. The quantitative estimate of drug-likeness (QED) is 0.551. The standard InChI is InChI=1S/C13H28Si/c1-12(2)14(3,4)13-10-8-6-5-7-9-11-13/h12-13H,5-11H2,1-4H3. The Bertz CT molecular complexity index is 153. The van der Waals surface area contributed by atoms with Crippen LogP contribution in [0, 0.1) is 0 Å². The van der Waals surface area contributed by atoms with E-state index in [2.05, 4.69) is 26.9 Å². The van der Waals surface area contributed by atoms with Crippen molar-refractivity contribution in [2.75, 3.05) is 0 Å². The van der Waals surface area contributed by atoms with E-state index in [0.717, 1.165) is 11.1 Å². The maximum atomic E-state index is 2.62. The van der Waals surface area contributed by atoms with Gasteiger partial charge >= 0.3 is 0 Å². The molecule has 0 aromatic carbocycles. The summed E-state index contributed by atoms with van der Waals surface area (Å²) in [5.41, 5.74) is 2.08. The molecule has 1 saturated carbocycles. The average Bonchev–Trinajstić information content (AvgIpc) is 2.01. The van der Waals surface area contributed by atoms with Crippen LogP contribution in [-0.4, -0.2) is 8.07 Å². The van der Waals surface area contributed by atoms with Gasteiger partial charge in [0, 0.05) is 0 Å². The van der Waals surface area contributed by atoms with Crippen LogP contribution in [0.4, 0.5) is 0 Å². The zero-order chi connectivity index (χ0) is 10.6. The van der Waals surface area contributed by atoms with Gasteiger partial charge in [0.05, 0.1) is 8.07 Å². The molecule has 0 radical (unpaired) electrons. The van der Waals surface area contributed by atoms with Crippen LogP contribution in [0.25, 0.3) is 0 Å². The van der Waals surface area contributed by atoms with E-state index in [1.165, 1.54) is 44.9 Å². The van der Waals surface area contributed by atoms with E-state index in [4.69, 9.17) is 0 Å². The SMILES string of the molecule is CC(C)[Si](C)(C)C1CCCCCCC1. The highest BCUT2D eigenvalue weighted by Crippen LogP contribution is 2.40. The maximum absolute atomic E-state index is 2.62. The van der Waals surface area contributed by atoms with Crippen molar-refractivity contribution in [3.05, 3.63) is 0 Å². The van der Waals surface area contributed by atoms with Gasteiger partial charge in [0.15, 0.2) is 0 Å². The van der Waals surface area contributed by atoms with Crippen molar-refractivity contribution in [3.8, 4) is 0 Å². The van der Waals surface area contributed by atoms with Crippen molar-refractivity contribution in [1.29, 1.82) is 0 Å². The van der Waals surface area contributed by atoms with Crippen LogP contribution in [0.3, 0.4) is 0 Å². The Morgan fingerprint density at radius 2 is 1.29 bits per heavy atom. The van der Waals surface area contributed by atoms with Crippen molar-refractivity contribution in [2.24, 2.45) is 0 Å². The summed E-state index contributed by atoms with van der Waals surface area (Å²) >= 11 is 0. The molecule has 14 heavy (non-hydrogen) atoms. The Balaban J connectivity index is 2.54. The second kappa shape index (κ2) is 5.34. The highest BCUT2D eigenvalue weighted by Gasteiger charge is 2.33. The summed E-state index contributed by atoms with van der Waals surface area (Å²) in [6.45, 7) is 10.1. The number of hydrogen-bond donors (Lipinski definition) is 0. The molecule has 0 unspecified atom stereocenters. The maximum Gasteiger partial charge on any atom is 0.0530 e. The molecule has 0 atom stereocenters. The van der Waals surface area contributed by atoms with Gasteiger partial charge in [-0.3, -0.25) is 0 Å². The molecule has 1 heteroatoms. The molecule has 1 aliphatic rings. The van der Waals surface area contributed by atoms with Gasteiger partial charge in [0.1, 0.15) is 0 Å². The molecule has 84 valence electrons. The Kier molecular flexibility index (Phi) is 4.69. The van der Waals surface area contributed by atoms with Gasteiger partial charge in [0.25, 0.3) is 0 Å².